The monoisotopic (exact) mass is 220 g/mol. The molecule has 0 aromatic heterocycles. The zero-order valence-electron chi connectivity index (χ0n) is 8.16. The first kappa shape index (κ1) is 9.99. The number of esters is 1. The third kappa shape index (κ3) is 1.68. The van der Waals surface area contributed by atoms with Crippen LogP contribution in [0.4, 0.5) is 0 Å². The van der Waals surface area contributed by atoms with E-state index in [-0.39, 0.29) is 5.97 Å². The van der Waals surface area contributed by atoms with Crippen LogP contribution >= 0.6 is 11.6 Å². The van der Waals surface area contributed by atoms with Crippen molar-refractivity contribution < 1.29 is 9.53 Å². The average Bonchev–Trinajstić information content (AvgIpc) is 2.29. The molecule has 0 aliphatic carbocycles. The molecule has 0 radical (unpaired) electrons. The smallest absolute Gasteiger partial charge is 0.338 e. The predicted molar refractivity (Wildman–Crippen MR) is 60.3 cm³/mol. The van der Waals surface area contributed by atoms with Gasteiger partial charge in [-0.3, -0.25) is 0 Å². The molecule has 76 valence electrons. The number of carbonyl (C=O) groups is 1. The lowest BCUT2D eigenvalue weighted by Gasteiger charge is -2.05. The Hall–Kier alpha value is -1.54. The van der Waals surface area contributed by atoms with Gasteiger partial charge in [-0.25, -0.2) is 4.79 Å². The molecule has 3 heteroatoms. The Morgan fingerprint density at radius 1 is 1.13 bits per heavy atom. The van der Waals surface area contributed by atoms with E-state index in [1.807, 2.05) is 24.3 Å². The summed E-state index contributed by atoms with van der Waals surface area (Å²) in [5.41, 5.74) is 0.539. The number of carbonyl (C=O) groups excluding carboxylic acids is 1. The van der Waals surface area contributed by atoms with Gasteiger partial charge < -0.3 is 4.74 Å². The van der Waals surface area contributed by atoms with Crippen LogP contribution in [0, 0.1) is 0 Å². The van der Waals surface area contributed by atoms with Crippen molar-refractivity contribution in [3.8, 4) is 0 Å². The van der Waals surface area contributed by atoms with Crippen molar-refractivity contribution in [2.75, 3.05) is 7.11 Å². The second-order valence-corrected chi connectivity index (χ2v) is 3.54. The molecule has 2 aromatic carbocycles. The zero-order valence-corrected chi connectivity index (χ0v) is 8.91. The van der Waals surface area contributed by atoms with Crippen molar-refractivity contribution in [2.24, 2.45) is 0 Å². The van der Waals surface area contributed by atoms with Crippen molar-refractivity contribution in [1.29, 1.82) is 0 Å². The van der Waals surface area contributed by atoms with Crippen LogP contribution in [0.5, 0.6) is 0 Å². The van der Waals surface area contributed by atoms with Gasteiger partial charge in [-0.1, -0.05) is 35.9 Å². The average molecular weight is 221 g/mol. The molecule has 0 fully saturated rings. The normalized spacial score (nSPS) is 10.3. The van der Waals surface area contributed by atoms with Gasteiger partial charge >= 0.3 is 5.97 Å². The third-order valence-electron chi connectivity index (χ3n) is 2.28. The first-order valence-corrected chi connectivity index (χ1v) is 4.87. The molecule has 0 aliphatic heterocycles. The molecule has 2 nitrogen and oxygen atoms in total. The van der Waals surface area contributed by atoms with Crippen molar-refractivity contribution >= 4 is 28.3 Å². The lowest BCUT2D eigenvalue weighted by atomic mass is 10.0. The number of halogens is 1. The second-order valence-electron chi connectivity index (χ2n) is 3.13. The minimum Gasteiger partial charge on any atom is -0.465 e. The van der Waals surface area contributed by atoms with Crippen LogP contribution in [0.3, 0.4) is 0 Å². The van der Waals surface area contributed by atoms with E-state index in [2.05, 4.69) is 0 Å². The Morgan fingerprint density at radius 3 is 2.47 bits per heavy atom. The molecule has 0 saturated heterocycles. The van der Waals surface area contributed by atoms with Gasteiger partial charge in [0.25, 0.3) is 0 Å². The summed E-state index contributed by atoms with van der Waals surface area (Å²) in [5.74, 6) is -0.345. The lowest BCUT2D eigenvalue weighted by molar-refractivity contribution is 0.0603. The summed E-state index contributed by atoms with van der Waals surface area (Å²) in [4.78, 5) is 11.5. The van der Waals surface area contributed by atoms with E-state index in [1.165, 1.54) is 7.11 Å². The second kappa shape index (κ2) is 3.91. The fraction of sp³-hybridized carbons (Fsp3) is 0.0833. The number of methoxy groups -OCH3 is 1. The van der Waals surface area contributed by atoms with E-state index in [1.54, 1.807) is 12.1 Å². The molecule has 0 aliphatic rings. The van der Waals surface area contributed by atoms with Gasteiger partial charge in [-0.15, -0.1) is 0 Å². The molecule has 0 saturated carbocycles. The summed E-state index contributed by atoms with van der Waals surface area (Å²) in [5, 5.41) is 2.32. The molecule has 0 unspecified atom stereocenters. The topological polar surface area (TPSA) is 26.3 Å². The molecule has 2 aromatic rings. The van der Waals surface area contributed by atoms with E-state index in [9.17, 15) is 4.79 Å². The lowest BCUT2D eigenvalue weighted by Crippen LogP contribution is -2.01. The summed E-state index contributed by atoms with van der Waals surface area (Å²) < 4.78 is 4.70. The minimum absolute atomic E-state index is 0.345. The SMILES string of the molecule is COC(=O)c1ccc(Cl)c2ccccc12. The van der Waals surface area contributed by atoms with Crippen LogP contribution in [-0.4, -0.2) is 13.1 Å². The van der Waals surface area contributed by atoms with Gasteiger partial charge in [0, 0.05) is 10.4 Å². The van der Waals surface area contributed by atoms with E-state index in [0.717, 1.165) is 10.8 Å². The summed E-state index contributed by atoms with van der Waals surface area (Å²) in [6.45, 7) is 0. The highest BCUT2D eigenvalue weighted by atomic mass is 35.5. The fourth-order valence-electron chi connectivity index (χ4n) is 1.55. The summed E-state index contributed by atoms with van der Waals surface area (Å²) in [6, 6.07) is 10.9. The van der Waals surface area contributed by atoms with Gasteiger partial charge in [-0.05, 0) is 17.5 Å². The molecule has 0 bridgehead atoms. The maximum Gasteiger partial charge on any atom is 0.338 e. The van der Waals surface area contributed by atoms with Crippen molar-refractivity contribution in [3.05, 3.63) is 47.0 Å². The van der Waals surface area contributed by atoms with Crippen LogP contribution in [-0.2, 0) is 4.74 Å². The van der Waals surface area contributed by atoms with Crippen LogP contribution < -0.4 is 0 Å². The van der Waals surface area contributed by atoms with Gasteiger partial charge in [0.1, 0.15) is 0 Å². The molecule has 0 atom stereocenters. The number of fused-ring (bicyclic) bond motifs is 1. The Morgan fingerprint density at radius 2 is 1.80 bits per heavy atom. The largest absolute Gasteiger partial charge is 0.465 e. The molecular formula is C12H9ClO2. The summed E-state index contributed by atoms with van der Waals surface area (Å²) in [6.07, 6.45) is 0. The third-order valence-corrected chi connectivity index (χ3v) is 2.61. The molecule has 15 heavy (non-hydrogen) atoms. The Bertz CT molecular complexity index is 520. The quantitative estimate of drug-likeness (QED) is 0.690. The van der Waals surface area contributed by atoms with Crippen molar-refractivity contribution in [3.63, 3.8) is 0 Å². The molecule has 0 N–H and O–H groups in total. The maximum absolute atomic E-state index is 11.5. The highest BCUT2D eigenvalue weighted by Crippen LogP contribution is 2.26. The first-order chi connectivity index (χ1) is 7.24. The molecule has 0 spiro atoms. The van der Waals surface area contributed by atoms with Gasteiger partial charge in [0.05, 0.1) is 12.7 Å². The number of ether oxygens (including phenoxy) is 1. The van der Waals surface area contributed by atoms with Crippen molar-refractivity contribution in [2.45, 2.75) is 0 Å². The van der Waals surface area contributed by atoms with E-state index >= 15 is 0 Å². The number of benzene rings is 2. The highest BCUT2D eigenvalue weighted by molar-refractivity contribution is 6.36. The standard InChI is InChI=1S/C12H9ClO2/c1-15-12(14)10-6-7-11(13)9-5-3-2-4-8(9)10/h2-7H,1H3. The highest BCUT2D eigenvalue weighted by Gasteiger charge is 2.10. The summed E-state index contributed by atoms with van der Waals surface area (Å²) in [7, 11) is 1.37. The minimum atomic E-state index is -0.345. The Labute approximate surface area is 92.4 Å². The van der Waals surface area contributed by atoms with Crippen LogP contribution in [0.15, 0.2) is 36.4 Å². The number of rotatable bonds is 1. The van der Waals surface area contributed by atoms with Gasteiger partial charge in [0.15, 0.2) is 0 Å². The zero-order chi connectivity index (χ0) is 10.8. The number of hydrogen-bond donors (Lipinski definition) is 0. The molecule has 0 amide bonds. The van der Waals surface area contributed by atoms with Gasteiger partial charge in [-0.2, -0.15) is 0 Å². The Kier molecular flexibility index (Phi) is 2.60. The maximum atomic E-state index is 11.5. The predicted octanol–water partition coefficient (Wildman–Crippen LogP) is 3.28. The van der Waals surface area contributed by atoms with Crippen molar-refractivity contribution in [1.82, 2.24) is 0 Å². The molecule has 2 rings (SSSR count). The van der Waals surface area contributed by atoms with E-state index < -0.39 is 0 Å². The van der Waals surface area contributed by atoms with Crippen LogP contribution in [0.1, 0.15) is 10.4 Å². The van der Waals surface area contributed by atoms with E-state index in [4.69, 9.17) is 16.3 Å². The number of hydrogen-bond acceptors (Lipinski definition) is 2. The Balaban J connectivity index is 2.77. The van der Waals surface area contributed by atoms with E-state index in [0.29, 0.717) is 10.6 Å². The molecular weight excluding hydrogens is 212 g/mol. The first-order valence-electron chi connectivity index (χ1n) is 4.49. The van der Waals surface area contributed by atoms with Crippen LogP contribution in [0.25, 0.3) is 10.8 Å². The molecule has 0 heterocycles. The summed E-state index contributed by atoms with van der Waals surface area (Å²) >= 11 is 6.02. The van der Waals surface area contributed by atoms with Crippen LogP contribution in [0.2, 0.25) is 5.02 Å². The van der Waals surface area contributed by atoms with Gasteiger partial charge in [0.2, 0.25) is 0 Å². The fourth-order valence-corrected chi connectivity index (χ4v) is 1.78.